The molecule has 0 spiro atoms. The van der Waals surface area contributed by atoms with Crippen LogP contribution in [0.2, 0.25) is 0 Å². The molecule has 1 saturated carbocycles. The minimum Gasteiger partial charge on any atom is -0.359 e. The molecule has 0 aliphatic heterocycles. The Hall–Kier alpha value is -1.88. The number of hydrogen-bond acceptors (Lipinski definition) is 2. The third kappa shape index (κ3) is 6.02. The summed E-state index contributed by atoms with van der Waals surface area (Å²) in [5, 5.41) is 3.68. The van der Waals surface area contributed by atoms with E-state index in [0.717, 1.165) is 18.4 Å². The molecule has 124 valence electrons. The minimum atomic E-state index is -0.228. The fourth-order valence-electron chi connectivity index (χ4n) is 2.62. The van der Waals surface area contributed by atoms with Gasteiger partial charge in [0, 0.05) is 12.1 Å². The molecular formula is C18H25N3OS. The van der Waals surface area contributed by atoms with Crippen LogP contribution in [-0.2, 0) is 4.79 Å². The molecule has 0 unspecified atom stereocenters. The van der Waals surface area contributed by atoms with E-state index < -0.39 is 0 Å². The average molecular weight is 331 g/mol. The Morgan fingerprint density at radius 3 is 2.43 bits per heavy atom. The topological polar surface area (TPSA) is 53.2 Å². The van der Waals surface area contributed by atoms with Gasteiger partial charge in [-0.1, -0.05) is 51.0 Å². The summed E-state index contributed by atoms with van der Waals surface area (Å²) >= 11 is 5.16. The maximum atomic E-state index is 11.8. The highest BCUT2D eigenvalue weighted by Crippen LogP contribution is 2.17. The number of nitrogens with one attached hydrogen (secondary N) is 3. The zero-order valence-electron chi connectivity index (χ0n) is 13.8. The molecule has 1 aromatic carbocycles. The van der Waals surface area contributed by atoms with Crippen molar-refractivity contribution in [2.75, 3.05) is 0 Å². The van der Waals surface area contributed by atoms with Gasteiger partial charge in [-0.25, -0.2) is 0 Å². The molecule has 1 aliphatic carbocycles. The summed E-state index contributed by atoms with van der Waals surface area (Å²) in [6.07, 6.45) is 8.05. The summed E-state index contributed by atoms with van der Waals surface area (Å²) in [6.45, 7) is 4.32. The lowest BCUT2D eigenvalue weighted by Crippen LogP contribution is -2.48. The van der Waals surface area contributed by atoms with E-state index in [9.17, 15) is 4.79 Å². The van der Waals surface area contributed by atoms with Gasteiger partial charge in [-0.2, -0.15) is 0 Å². The highest BCUT2D eigenvalue weighted by Gasteiger charge is 2.15. The molecule has 0 heterocycles. The number of rotatable bonds is 4. The average Bonchev–Trinajstić information content (AvgIpc) is 3.04. The fourth-order valence-corrected chi connectivity index (χ4v) is 2.83. The van der Waals surface area contributed by atoms with Crippen molar-refractivity contribution in [3.05, 3.63) is 41.5 Å². The van der Waals surface area contributed by atoms with E-state index in [1.165, 1.54) is 24.5 Å². The van der Waals surface area contributed by atoms with E-state index in [4.69, 9.17) is 12.2 Å². The number of amides is 1. The first-order valence-electron chi connectivity index (χ1n) is 8.19. The molecule has 1 aromatic rings. The predicted molar refractivity (Wildman–Crippen MR) is 98.8 cm³/mol. The van der Waals surface area contributed by atoms with Gasteiger partial charge in [-0.15, -0.1) is 0 Å². The zero-order valence-corrected chi connectivity index (χ0v) is 14.6. The van der Waals surface area contributed by atoms with Crippen LogP contribution < -0.4 is 16.2 Å². The number of benzene rings is 1. The van der Waals surface area contributed by atoms with E-state index in [1.807, 2.05) is 12.1 Å². The van der Waals surface area contributed by atoms with E-state index in [2.05, 4.69) is 42.1 Å². The van der Waals surface area contributed by atoms with Crippen LogP contribution in [0, 0.1) is 0 Å². The lowest BCUT2D eigenvalue weighted by atomic mass is 10.0. The quantitative estimate of drug-likeness (QED) is 0.450. The van der Waals surface area contributed by atoms with Crippen LogP contribution in [0.4, 0.5) is 0 Å². The summed E-state index contributed by atoms with van der Waals surface area (Å²) in [5.74, 6) is 0.280. The highest BCUT2D eigenvalue weighted by molar-refractivity contribution is 7.80. The summed E-state index contributed by atoms with van der Waals surface area (Å²) in [7, 11) is 0. The van der Waals surface area contributed by atoms with Crippen LogP contribution in [0.15, 0.2) is 30.3 Å². The Kier molecular flexibility index (Phi) is 6.59. The van der Waals surface area contributed by atoms with Gasteiger partial charge >= 0.3 is 0 Å². The summed E-state index contributed by atoms with van der Waals surface area (Å²) in [4.78, 5) is 11.8. The van der Waals surface area contributed by atoms with Crippen LogP contribution in [0.25, 0.3) is 6.08 Å². The van der Waals surface area contributed by atoms with E-state index in [0.29, 0.717) is 17.1 Å². The number of carbonyl (C=O) groups is 1. The highest BCUT2D eigenvalue weighted by atomic mass is 32.1. The third-order valence-corrected chi connectivity index (χ3v) is 4.24. The molecule has 1 aliphatic rings. The SMILES string of the molecule is CC(C)c1ccc(/C=C/C(=O)NNC(=S)NC2CCCC2)cc1. The molecule has 23 heavy (non-hydrogen) atoms. The van der Waals surface area contributed by atoms with Crippen molar-refractivity contribution >= 4 is 29.3 Å². The van der Waals surface area contributed by atoms with Gasteiger partial charge in [0.15, 0.2) is 5.11 Å². The lowest BCUT2D eigenvalue weighted by molar-refractivity contribution is -0.116. The number of hydrazine groups is 1. The zero-order chi connectivity index (χ0) is 16.7. The normalized spacial score (nSPS) is 15.1. The molecule has 2 rings (SSSR count). The van der Waals surface area contributed by atoms with Gasteiger partial charge in [0.25, 0.3) is 5.91 Å². The number of hydrogen-bond donors (Lipinski definition) is 3. The van der Waals surface area contributed by atoms with Crippen LogP contribution >= 0.6 is 12.2 Å². The maximum absolute atomic E-state index is 11.8. The first-order chi connectivity index (χ1) is 11.0. The molecule has 0 atom stereocenters. The molecule has 0 aromatic heterocycles. The third-order valence-electron chi connectivity index (χ3n) is 4.02. The summed E-state index contributed by atoms with van der Waals surface area (Å²) in [5.41, 5.74) is 7.60. The van der Waals surface area contributed by atoms with Crippen molar-refractivity contribution in [2.45, 2.75) is 51.5 Å². The molecule has 0 saturated heterocycles. The Morgan fingerprint density at radius 2 is 1.83 bits per heavy atom. The van der Waals surface area contributed by atoms with Gasteiger partial charge in [-0.05, 0) is 48.2 Å². The standard InChI is InChI=1S/C18H25N3OS/c1-13(2)15-10-7-14(8-11-15)9-12-17(22)20-21-18(23)19-16-5-3-4-6-16/h7-13,16H,3-6H2,1-2H3,(H,20,22)(H2,19,21,23)/b12-9+. The van der Waals surface area contributed by atoms with Crippen molar-refractivity contribution in [1.82, 2.24) is 16.2 Å². The first-order valence-corrected chi connectivity index (χ1v) is 8.60. The molecule has 0 radical (unpaired) electrons. The van der Waals surface area contributed by atoms with E-state index >= 15 is 0 Å². The summed E-state index contributed by atoms with van der Waals surface area (Å²) in [6, 6.07) is 8.63. The Morgan fingerprint density at radius 1 is 1.17 bits per heavy atom. The van der Waals surface area contributed by atoms with Crippen molar-refractivity contribution in [3.8, 4) is 0 Å². The largest absolute Gasteiger partial charge is 0.359 e. The smallest absolute Gasteiger partial charge is 0.262 e. The molecule has 3 N–H and O–H groups in total. The van der Waals surface area contributed by atoms with Crippen molar-refractivity contribution in [1.29, 1.82) is 0 Å². The van der Waals surface area contributed by atoms with Crippen LogP contribution in [-0.4, -0.2) is 17.1 Å². The minimum absolute atomic E-state index is 0.228. The van der Waals surface area contributed by atoms with Crippen LogP contribution in [0.5, 0.6) is 0 Å². The van der Waals surface area contributed by atoms with Crippen molar-refractivity contribution in [2.24, 2.45) is 0 Å². The maximum Gasteiger partial charge on any atom is 0.262 e. The predicted octanol–water partition coefficient (Wildman–Crippen LogP) is 3.26. The number of thiocarbonyl (C=S) groups is 1. The number of carbonyl (C=O) groups excluding carboxylic acids is 1. The Balaban J connectivity index is 1.74. The molecule has 1 amide bonds. The Bertz CT molecular complexity index is 560. The van der Waals surface area contributed by atoms with E-state index in [-0.39, 0.29) is 5.91 Å². The second kappa shape index (κ2) is 8.67. The van der Waals surface area contributed by atoms with Gasteiger partial charge in [0.1, 0.15) is 0 Å². The van der Waals surface area contributed by atoms with Crippen molar-refractivity contribution in [3.63, 3.8) is 0 Å². The first kappa shape index (κ1) is 17.5. The second-order valence-electron chi connectivity index (χ2n) is 6.22. The van der Waals surface area contributed by atoms with Crippen molar-refractivity contribution < 1.29 is 4.79 Å². The summed E-state index contributed by atoms with van der Waals surface area (Å²) < 4.78 is 0. The monoisotopic (exact) mass is 331 g/mol. The van der Waals surface area contributed by atoms with Crippen LogP contribution in [0.3, 0.4) is 0 Å². The second-order valence-corrected chi connectivity index (χ2v) is 6.63. The van der Waals surface area contributed by atoms with Crippen LogP contribution in [0.1, 0.15) is 56.6 Å². The molecule has 1 fully saturated rings. The molecule has 5 heteroatoms. The van der Waals surface area contributed by atoms with Gasteiger partial charge in [-0.3, -0.25) is 15.6 Å². The molecule has 0 bridgehead atoms. The molecule has 4 nitrogen and oxygen atoms in total. The fraction of sp³-hybridized carbons (Fsp3) is 0.444. The van der Waals surface area contributed by atoms with Gasteiger partial charge < -0.3 is 5.32 Å². The van der Waals surface area contributed by atoms with Gasteiger partial charge in [0.05, 0.1) is 0 Å². The Labute approximate surface area is 143 Å². The lowest BCUT2D eigenvalue weighted by Gasteiger charge is -2.15. The van der Waals surface area contributed by atoms with E-state index in [1.54, 1.807) is 6.08 Å². The van der Waals surface area contributed by atoms with Gasteiger partial charge in [0.2, 0.25) is 0 Å². The molecular weight excluding hydrogens is 306 g/mol.